The van der Waals surface area contributed by atoms with Crippen LogP contribution in [-0.4, -0.2) is 28.7 Å². The molecule has 0 saturated heterocycles. The molecule has 3 saturated carbocycles. The summed E-state index contributed by atoms with van der Waals surface area (Å²) in [6, 6.07) is 31.3. The number of nitrogens with one attached hydrogen (secondary N) is 2. The maximum absolute atomic E-state index is 7.24. The average molecular weight is 986 g/mol. The van der Waals surface area contributed by atoms with E-state index in [1.807, 2.05) is 71.2 Å². The van der Waals surface area contributed by atoms with Crippen molar-refractivity contribution in [2.45, 2.75) is 113 Å². The van der Waals surface area contributed by atoms with Crippen LogP contribution in [0, 0.1) is 19.7 Å². The van der Waals surface area contributed by atoms with E-state index < -0.39 is 0 Å². The molecule has 3 aromatic carbocycles. The Balaban J connectivity index is 0.000000129. The van der Waals surface area contributed by atoms with Crippen molar-refractivity contribution in [3.63, 3.8) is 0 Å². The first kappa shape index (κ1) is 49.6. The van der Waals surface area contributed by atoms with Gasteiger partial charge in [-0.1, -0.05) is 107 Å². The Morgan fingerprint density at radius 1 is 0.486 bits per heavy atom. The first-order chi connectivity index (χ1) is 33.5. The van der Waals surface area contributed by atoms with Crippen molar-refractivity contribution < 1.29 is 29.6 Å². The van der Waals surface area contributed by atoms with Gasteiger partial charge in [-0.2, -0.15) is 0 Å². The summed E-state index contributed by atoms with van der Waals surface area (Å²) in [6.45, 7) is 21.7. The third-order valence-electron chi connectivity index (χ3n) is 16.2. The number of hydrogen-bond donors (Lipinski definition) is 2. The van der Waals surface area contributed by atoms with Crippen molar-refractivity contribution in [1.82, 2.24) is 13.7 Å². The fourth-order valence-electron chi connectivity index (χ4n) is 12.3. The molecule has 0 unspecified atom stereocenters. The van der Waals surface area contributed by atoms with Gasteiger partial charge in [-0.3, -0.25) is 18.7 Å². The van der Waals surface area contributed by atoms with E-state index in [0.717, 1.165) is 93.0 Å². The number of aromatic nitrogens is 3. The zero-order valence-electron chi connectivity index (χ0n) is 40.6. The monoisotopic (exact) mass is 985 g/mol. The molecule has 12 rings (SSSR count). The summed E-state index contributed by atoms with van der Waals surface area (Å²) in [5.74, 6) is 2.00. The van der Waals surface area contributed by atoms with Crippen LogP contribution in [0.25, 0.3) is 48.3 Å². The van der Waals surface area contributed by atoms with Crippen LogP contribution in [0.4, 0.5) is 34.5 Å². The summed E-state index contributed by atoms with van der Waals surface area (Å²) in [5.41, 5.74) is 14.1. The normalized spacial score (nSPS) is 18.3. The number of hydrogen-bond acceptors (Lipinski definition) is 4. The summed E-state index contributed by atoms with van der Waals surface area (Å²) >= 11 is 17.1. The second-order valence-electron chi connectivity index (χ2n) is 19.7. The summed E-state index contributed by atoms with van der Waals surface area (Å²) in [5, 5.41) is 7.76. The molecule has 348 valence electrons. The van der Waals surface area contributed by atoms with Crippen molar-refractivity contribution in [3.05, 3.63) is 142 Å². The minimum absolute atomic E-state index is 0. The molecule has 6 aromatic rings. The van der Waals surface area contributed by atoms with E-state index in [1.54, 1.807) is 0 Å². The summed E-state index contributed by atoms with van der Waals surface area (Å²) in [6.07, 6.45) is 18.2. The van der Waals surface area contributed by atoms with E-state index in [4.69, 9.17) is 56.8 Å². The van der Waals surface area contributed by atoms with Gasteiger partial charge >= 0.3 is 29.6 Å². The van der Waals surface area contributed by atoms with Gasteiger partial charge in [-0.05, 0) is 146 Å². The fourth-order valence-corrected chi connectivity index (χ4v) is 13.6. The first-order valence-electron chi connectivity index (χ1n) is 24.4. The van der Waals surface area contributed by atoms with E-state index in [9.17, 15) is 0 Å². The zero-order chi connectivity index (χ0) is 48.1. The minimum atomic E-state index is -0.0211. The fraction of sp³-hybridized carbons (Fsp3) is 0.368. The Labute approximate surface area is 451 Å². The molecule has 0 atom stereocenters. The first-order valence-corrected chi connectivity index (χ1v) is 25.6. The predicted octanol–water partition coefficient (Wildman–Crippen LogP) is 12.4. The maximum Gasteiger partial charge on any atom is 1.00 e. The van der Waals surface area contributed by atoms with E-state index in [1.165, 1.54) is 85.9 Å². The van der Waals surface area contributed by atoms with Gasteiger partial charge in [0.2, 0.25) is 17.5 Å². The van der Waals surface area contributed by atoms with Crippen LogP contribution in [0.5, 0.6) is 0 Å². The van der Waals surface area contributed by atoms with E-state index in [-0.39, 0.29) is 45.8 Å². The number of fused-ring (bicyclic) bond motifs is 6. The molecular weight excluding hydrogens is 930 g/mol. The molecule has 3 aliphatic heterocycles. The molecule has 3 aromatic heterocycles. The van der Waals surface area contributed by atoms with E-state index in [2.05, 4.69) is 84.8 Å². The third kappa shape index (κ3) is 8.37. The van der Waals surface area contributed by atoms with Crippen molar-refractivity contribution in [3.8, 4) is 33.8 Å². The minimum Gasteiger partial charge on any atom is -0.764 e. The van der Waals surface area contributed by atoms with Gasteiger partial charge in [-0.15, -0.1) is 0 Å². The topological polar surface area (TPSA) is 64.3 Å². The molecule has 0 bridgehead atoms. The standard InChI is InChI=1S/3C19H19N3S.Na/c3*1-20-17-9-8-16(22(17)2)13-6-7-15-14(12-13)19(18(23)21-15)10-4-3-5-11-19;/h3*6-9,12H,3-5,10-11H2,2H3,(H,21,23);/q;;;+1/p-1. The van der Waals surface area contributed by atoms with Crippen molar-refractivity contribution in [1.29, 1.82) is 0 Å². The van der Waals surface area contributed by atoms with Gasteiger partial charge in [0.15, 0.2) is 0 Å². The molecule has 3 fully saturated rings. The molecule has 2 N–H and O–H groups in total. The number of anilines is 2. The molecule has 70 heavy (non-hydrogen) atoms. The smallest absolute Gasteiger partial charge is 0.764 e. The van der Waals surface area contributed by atoms with Crippen LogP contribution < -0.4 is 40.2 Å². The quantitative estimate of drug-likeness (QED) is 0.0801. The van der Waals surface area contributed by atoms with Gasteiger partial charge in [-0.25, -0.2) is 0 Å². The van der Waals surface area contributed by atoms with Crippen LogP contribution in [0.3, 0.4) is 0 Å². The van der Waals surface area contributed by atoms with Gasteiger partial charge in [0.05, 0.1) is 36.8 Å². The Morgan fingerprint density at radius 2 is 0.829 bits per heavy atom. The molecule has 3 aliphatic carbocycles. The molecule has 0 radical (unpaired) electrons. The second kappa shape index (κ2) is 20.0. The Kier molecular flexibility index (Phi) is 14.2. The van der Waals surface area contributed by atoms with Crippen LogP contribution in [0.1, 0.15) is 113 Å². The van der Waals surface area contributed by atoms with Crippen molar-refractivity contribution in [2.24, 2.45) is 26.1 Å². The van der Waals surface area contributed by atoms with E-state index in [0.29, 0.717) is 17.5 Å². The maximum atomic E-state index is 7.24. The summed E-state index contributed by atoms with van der Waals surface area (Å²) in [4.78, 5) is 17.4. The third-order valence-corrected chi connectivity index (χ3v) is 17.7. The Morgan fingerprint density at radius 3 is 1.19 bits per heavy atom. The number of benzene rings is 3. The zero-order valence-corrected chi connectivity index (χ0v) is 45.1. The summed E-state index contributed by atoms with van der Waals surface area (Å²) in [7, 11) is 5.85. The Bertz CT molecular complexity index is 3040. The Hall–Kier alpha value is -5.36. The molecule has 3 spiro atoms. The molecule has 0 amide bonds. The molecule has 13 heteroatoms. The average Bonchev–Trinajstić information content (AvgIpc) is 4.22. The van der Waals surface area contributed by atoms with Crippen LogP contribution >= 0.6 is 24.4 Å². The molecule has 9 nitrogen and oxygen atoms in total. The predicted molar refractivity (Wildman–Crippen MR) is 293 cm³/mol. The molecule has 6 aliphatic rings. The van der Waals surface area contributed by atoms with Crippen LogP contribution in [0.15, 0.2) is 96.0 Å². The second-order valence-corrected chi connectivity index (χ2v) is 21.0. The van der Waals surface area contributed by atoms with Crippen molar-refractivity contribution >= 4 is 86.6 Å². The van der Waals surface area contributed by atoms with Crippen LogP contribution in [-0.2, 0) is 50.0 Å². The number of rotatable bonds is 3. The van der Waals surface area contributed by atoms with Crippen LogP contribution in [0.2, 0.25) is 0 Å². The van der Waals surface area contributed by atoms with Gasteiger partial charge < -0.3 is 37.8 Å². The number of aliphatic imine (C=N–C) groups is 1. The number of nitrogens with zero attached hydrogens (tertiary/aromatic N) is 7. The molecular formula is C57H56N9NaS3. The van der Waals surface area contributed by atoms with Crippen molar-refractivity contribution in [2.75, 3.05) is 10.6 Å². The SMILES string of the molecule is [C-]#[N+]c1ccc(-c2ccc3c(c2)C2(CCCCC2)C(=S)N3)n1C.[C-]#[N+]c1ccc(-c2ccc3c(c2)C2(CCCCC2)C(=S)N3)n1C.[C-]#[N+]c1ccc(-c2ccc3c(c2)C2(CCCCC2)C([S-])=N3)n1C.[Na+]. The largest absolute Gasteiger partial charge is 1.00 e. The van der Waals surface area contributed by atoms with Gasteiger partial charge in [0.25, 0.3) is 0 Å². The summed E-state index contributed by atoms with van der Waals surface area (Å²) < 4.78 is 5.87. The van der Waals surface area contributed by atoms with Gasteiger partial charge in [0, 0.05) is 44.3 Å². The van der Waals surface area contributed by atoms with E-state index >= 15 is 0 Å². The van der Waals surface area contributed by atoms with Gasteiger partial charge in [0.1, 0.15) is 17.1 Å². The molecule has 6 heterocycles. The number of thiocarbonyl (C=S) groups is 2.